The van der Waals surface area contributed by atoms with Gasteiger partial charge in [0.25, 0.3) is 0 Å². The van der Waals surface area contributed by atoms with E-state index in [2.05, 4.69) is 34.2 Å². The minimum atomic E-state index is -0.555. The Morgan fingerprint density at radius 2 is 1.94 bits per heavy atom. The van der Waals surface area contributed by atoms with Crippen LogP contribution in [0.3, 0.4) is 0 Å². The van der Waals surface area contributed by atoms with Crippen molar-refractivity contribution in [1.29, 1.82) is 0 Å². The molecule has 0 spiro atoms. The lowest BCUT2D eigenvalue weighted by Gasteiger charge is -2.42. The number of carbonyl (C=O) groups excluding carboxylic acids is 1. The summed E-state index contributed by atoms with van der Waals surface area (Å²) in [5, 5.41) is 15.8. The Bertz CT molecular complexity index is 954. The van der Waals surface area contributed by atoms with Gasteiger partial charge in [-0.1, -0.05) is 19.0 Å². The van der Waals surface area contributed by atoms with Crippen molar-refractivity contribution in [3.63, 3.8) is 0 Å². The molecular formula is C24H35N5O3. The second-order valence-corrected chi connectivity index (χ2v) is 9.43. The molecule has 2 aromatic heterocycles. The van der Waals surface area contributed by atoms with Gasteiger partial charge in [-0.3, -0.25) is 4.57 Å². The second kappa shape index (κ2) is 9.90. The number of oxime groups is 1. The summed E-state index contributed by atoms with van der Waals surface area (Å²) in [6.07, 6.45) is 9.69. The number of carbonyl (C=O) groups is 1. The fourth-order valence-corrected chi connectivity index (χ4v) is 5.55. The average molecular weight is 442 g/mol. The highest BCUT2D eigenvalue weighted by Gasteiger charge is 2.33. The fraction of sp³-hybridized carbons (Fsp3) is 0.625. The van der Waals surface area contributed by atoms with Gasteiger partial charge in [0.2, 0.25) is 5.88 Å². The van der Waals surface area contributed by atoms with E-state index in [1.54, 1.807) is 6.20 Å². The third kappa shape index (κ3) is 4.46. The summed E-state index contributed by atoms with van der Waals surface area (Å²) >= 11 is 0. The first-order chi connectivity index (χ1) is 15.5. The smallest absolute Gasteiger partial charge is 0.411 e. The number of piperidine rings is 1. The topological polar surface area (TPSA) is 92.0 Å². The lowest BCUT2D eigenvalue weighted by atomic mass is 9.79. The van der Waals surface area contributed by atoms with Crippen molar-refractivity contribution in [2.75, 3.05) is 20.1 Å². The highest BCUT2D eigenvalue weighted by Crippen LogP contribution is 2.39. The van der Waals surface area contributed by atoms with Crippen LogP contribution in [-0.4, -0.2) is 58.1 Å². The predicted molar refractivity (Wildman–Crippen MR) is 125 cm³/mol. The van der Waals surface area contributed by atoms with Gasteiger partial charge < -0.3 is 20.2 Å². The van der Waals surface area contributed by atoms with Crippen molar-refractivity contribution in [2.45, 2.75) is 64.5 Å². The maximum absolute atomic E-state index is 12.1. The fourth-order valence-electron chi connectivity index (χ4n) is 5.55. The van der Waals surface area contributed by atoms with E-state index in [0.29, 0.717) is 17.5 Å². The van der Waals surface area contributed by atoms with Crippen LogP contribution in [0.15, 0.2) is 23.5 Å². The summed E-state index contributed by atoms with van der Waals surface area (Å²) in [5.74, 6) is 2.04. The molecule has 0 unspecified atom stereocenters. The number of aromatic nitrogens is 2. The van der Waals surface area contributed by atoms with Crippen LogP contribution in [0.2, 0.25) is 0 Å². The van der Waals surface area contributed by atoms with E-state index < -0.39 is 6.09 Å². The number of amides is 1. The molecule has 8 heteroatoms. The molecule has 174 valence electrons. The van der Waals surface area contributed by atoms with Crippen molar-refractivity contribution >= 4 is 23.3 Å². The van der Waals surface area contributed by atoms with Gasteiger partial charge in [-0.25, -0.2) is 9.78 Å². The number of likely N-dealkylation sites (tertiary alicyclic amines) is 1. The maximum atomic E-state index is 12.1. The molecule has 0 atom stereocenters. The van der Waals surface area contributed by atoms with E-state index in [4.69, 9.17) is 4.74 Å². The largest absolute Gasteiger partial charge is 0.413 e. The van der Waals surface area contributed by atoms with Crippen LogP contribution >= 0.6 is 0 Å². The minimum Gasteiger partial charge on any atom is -0.411 e. The molecule has 1 amide bonds. The lowest BCUT2D eigenvalue weighted by Crippen LogP contribution is -2.44. The van der Waals surface area contributed by atoms with Gasteiger partial charge in [-0.2, -0.15) is 0 Å². The number of pyridine rings is 1. The lowest BCUT2D eigenvalue weighted by molar-refractivity contribution is 0.0879. The van der Waals surface area contributed by atoms with Gasteiger partial charge in [0.15, 0.2) is 0 Å². The minimum absolute atomic E-state index is 0.163. The number of nitrogens with one attached hydrogen (secondary N) is 1. The highest BCUT2D eigenvalue weighted by atomic mass is 16.6. The number of fused-ring (bicyclic) bond motifs is 1. The van der Waals surface area contributed by atoms with Gasteiger partial charge in [0, 0.05) is 43.8 Å². The average Bonchev–Trinajstić information content (AvgIpc) is 3.12. The molecule has 2 fully saturated rings. The van der Waals surface area contributed by atoms with Crippen LogP contribution in [0.1, 0.15) is 64.0 Å². The SMILES string of the molecule is CNC(=O)Oc1c(C=NO)c2cccnc2n1C1CCN(C2CCC(C(C)C)CC2)CC1. The van der Waals surface area contributed by atoms with Crippen molar-refractivity contribution < 1.29 is 14.7 Å². The molecular weight excluding hydrogens is 406 g/mol. The number of hydrogen-bond acceptors (Lipinski definition) is 6. The molecule has 0 bridgehead atoms. The summed E-state index contributed by atoms with van der Waals surface area (Å²) < 4.78 is 7.67. The zero-order valence-electron chi connectivity index (χ0n) is 19.3. The van der Waals surface area contributed by atoms with Crippen LogP contribution in [0.5, 0.6) is 5.88 Å². The van der Waals surface area contributed by atoms with Crippen molar-refractivity contribution in [2.24, 2.45) is 17.0 Å². The van der Waals surface area contributed by atoms with E-state index >= 15 is 0 Å². The summed E-state index contributed by atoms with van der Waals surface area (Å²) in [5.41, 5.74) is 1.31. The Labute approximate surface area is 189 Å². The van der Waals surface area contributed by atoms with Crippen LogP contribution < -0.4 is 10.1 Å². The normalized spacial score (nSPS) is 23.2. The molecule has 1 aliphatic heterocycles. The molecule has 0 radical (unpaired) electrons. The van der Waals surface area contributed by atoms with Gasteiger partial charge >= 0.3 is 6.09 Å². The van der Waals surface area contributed by atoms with E-state index in [1.807, 2.05) is 16.7 Å². The van der Waals surface area contributed by atoms with Gasteiger partial charge in [-0.15, -0.1) is 0 Å². The van der Waals surface area contributed by atoms with E-state index in [9.17, 15) is 10.0 Å². The van der Waals surface area contributed by atoms with Crippen molar-refractivity contribution in [3.8, 4) is 5.88 Å². The number of rotatable bonds is 5. The summed E-state index contributed by atoms with van der Waals surface area (Å²) in [4.78, 5) is 19.3. The zero-order valence-corrected chi connectivity index (χ0v) is 19.3. The Hall–Kier alpha value is -2.61. The standard InChI is InChI=1S/C24H35N5O3/c1-16(2)17-6-8-18(9-7-17)28-13-10-19(11-14-28)29-22-20(5-4-12-26-22)21(15-27-31)23(29)32-24(30)25-3/h4-5,12,15-19,31H,6-11,13-14H2,1-3H3,(H,25,30). The van der Waals surface area contributed by atoms with Crippen LogP contribution in [-0.2, 0) is 0 Å². The second-order valence-electron chi connectivity index (χ2n) is 9.43. The van der Waals surface area contributed by atoms with Gasteiger partial charge in [0.05, 0.1) is 11.8 Å². The van der Waals surface area contributed by atoms with Gasteiger partial charge in [0.1, 0.15) is 5.65 Å². The molecule has 0 aromatic carbocycles. The van der Waals surface area contributed by atoms with E-state index in [0.717, 1.165) is 48.8 Å². The molecule has 32 heavy (non-hydrogen) atoms. The highest BCUT2D eigenvalue weighted by molar-refractivity contribution is 6.01. The van der Waals surface area contributed by atoms with Crippen LogP contribution in [0.4, 0.5) is 4.79 Å². The van der Waals surface area contributed by atoms with Crippen molar-refractivity contribution in [3.05, 3.63) is 23.9 Å². The van der Waals surface area contributed by atoms with Crippen LogP contribution in [0.25, 0.3) is 11.0 Å². The zero-order chi connectivity index (χ0) is 22.7. The van der Waals surface area contributed by atoms with Crippen molar-refractivity contribution in [1.82, 2.24) is 19.8 Å². The summed E-state index contributed by atoms with van der Waals surface area (Å²) in [7, 11) is 1.53. The number of ether oxygens (including phenoxy) is 1. The van der Waals surface area contributed by atoms with Gasteiger partial charge in [-0.05, 0) is 62.5 Å². The Morgan fingerprint density at radius 3 is 2.56 bits per heavy atom. The first-order valence-corrected chi connectivity index (χ1v) is 11.8. The first-order valence-electron chi connectivity index (χ1n) is 11.8. The predicted octanol–water partition coefficient (Wildman–Crippen LogP) is 4.41. The molecule has 8 nitrogen and oxygen atoms in total. The van der Waals surface area contributed by atoms with Crippen LogP contribution in [0, 0.1) is 11.8 Å². The Balaban J connectivity index is 1.55. The molecule has 2 N–H and O–H groups in total. The molecule has 1 aliphatic carbocycles. The third-order valence-electron chi connectivity index (χ3n) is 7.40. The molecule has 2 aromatic rings. The summed E-state index contributed by atoms with van der Waals surface area (Å²) in [6, 6.07) is 4.59. The molecule has 4 rings (SSSR count). The molecule has 1 saturated heterocycles. The van der Waals surface area contributed by atoms with E-state index in [1.165, 1.54) is 38.9 Å². The summed E-state index contributed by atoms with van der Waals surface area (Å²) in [6.45, 7) is 6.74. The Kier molecular flexibility index (Phi) is 6.98. The molecule has 2 aliphatic rings. The first kappa shape index (κ1) is 22.6. The Morgan fingerprint density at radius 1 is 1.22 bits per heavy atom. The third-order valence-corrected chi connectivity index (χ3v) is 7.40. The quantitative estimate of drug-likeness (QED) is 0.407. The maximum Gasteiger partial charge on any atom is 0.413 e. The molecule has 3 heterocycles. The monoisotopic (exact) mass is 441 g/mol. The number of hydrogen-bond donors (Lipinski definition) is 2. The molecule has 1 saturated carbocycles. The number of nitrogens with zero attached hydrogens (tertiary/aromatic N) is 4. The van der Waals surface area contributed by atoms with E-state index in [-0.39, 0.29) is 6.04 Å².